The van der Waals surface area contributed by atoms with Gasteiger partial charge in [-0.25, -0.2) is 4.79 Å². The highest BCUT2D eigenvalue weighted by molar-refractivity contribution is 5.93. The zero-order valence-electron chi connectivity index (χ0n) is 22.6. The van der Waals surface area contributed by atoms with Crippen molar-refractivity contribution in [2.45, 2.75) is 51.2 Å². The average molecular weight is 556 g/mol. The summed E-state index contributed by atoms with van der Waals surface area (Å²) in [6.45, 7) is 2.78. The highest BCUT2D eigenvalue weighted by atomic mass is 16.4. The van der Waals surface area contributed by atoms with E-state index in [0.717, 1.165) is 11.1 Å². The van der Waals surface area contributed by atoms with Crippen LogP contribution in [-0.2, 0) is 36.8 Å². The molecule has 0 radical (unpaired) electrons. The molecular weight excluding hydrogens is 518 g/mol. The first kappa shape index (κ1) is 31.8. The van der Waals surface area contributed by atoms with Crippen LogP contribution in [0.15, 0.2) is 54.6 Å². The summed E-state index contributed by atoms with van der Waals surface area (Å²) in [5.41, 5.74) is 7.35. The number of hydrogen-bond donors (Lipinski definition) is 7. The molecule has 2 aromatic carbocycles. The van der Waals surface area contributed by atoms with Crippen LogP contribution in [0.5, 0.6) is 5.75 Å². The second kappa shape index (κ2) is 15.8. The Morgan fingerprint density at radius 3 is 1.95 bits per heavy atom. The lowest BCUT2D eigenvalue weighted by Gasteiger charge is -2.22. The molecule has 0 fully saturated rings. The Morgan fingerprint density at radius 2 is 1.35 bits per heavy atom. The number of aliphatic carboxylic acids is 1. The molecule has 0 aromatic heterocycles. The van der Waals surface area contributed by atoms with E-state index in [1.54, 1.807) is 42.5 Å². The van der Waals surface area contributed by atoms with E-state index in [4.69, 9.17) is 5.73 Å². The largest absolute Gasteiger partial charge is 0.508 e. The molecule has 3 atom stereocenters. The lowest BCUT2D eigenvalue weighted by molar-refractivity contribution is -0.142. The van der Waals surface area contributed by atoms with Gasteiger partial charge >= 0.3 is 5.97 Å². The van der Waals surface area contributed by atoms with Gasteiger partial charge in [0, 0.05) is 6.42 Å². The minimum Gasteiger partial charge on any atom is -0.508 e. The molecule has 2 rings (SSSR count). The van der Waals surface area contributed by atoms with Crippen molar-refractivity contribution in [1.29, 1.82) is 0 Å². The third kappa shape index (κ3) is 11.5. The number of hydrogen-bond acceptors (Lipinski definition) is 7. The van der Waals surface area contributed by atoms with Gasteiger partial charge in [0.2, 0.25) is 23.6 Å². The Labute approximate surface area is 232 Å². The van der Waals surface area contributed by atoms with Crippen molar-refractivity contribution in [1.82, 2.24) is 21.3 Å². The third-order valence-corrected chi connectivity index (χ3v) is 5.85. The number of phenols is 1. The molecule has 0 spiro atoms. The fourth-order valence-corrected chi connectivity index (χ4v) is 3.79. The fraction of sp³-hybridized carbons (Fsp3) is 0.393. The molecule has 0 aliphatic heterocycles. The normalized spacial score (nSPS) is 13.0. The smallest absolute Gasteiger partial charge is 0.326 e. The minimum atomic E-state index is -1.18. The summed E-state index contributed by atoms with van der Waals surface area (Å²) in [6, 6.07) is 12.0. The van der Waals surface area contributed by atoms with Crippen LogP contribution in [0, 0.1) is 5.92 Å². The predicted octanol–water partition coefficient (Wildman–Crippen LogP) is -0.163. The van der Waals surface area contributed by atoms with Gasteiger partial charge in [-0.3, -0.25) is 19.2 Å². The third-order valence-electron chi connectivity index (χ3n) is 5.85. The van der Waals surface area contributed by atoms with Crippen molar-refractivity contribution >= 4 is 29.6 Å². The van der Waals surface area contributed by atoms with Gasteiger partial charge in [-0.2, -0.15) is 0 Å². The van der Waals surface area contributed by atoms with Crippen molar-refractivity contribution in [2.24, 2.45) is 11.7 Å². The standard InChI is InChI=1S/C28H37N5O7/c1-17(2)12-23(28(39)40)33-27(38)22(14-18-6-4-3-5-7-18)32-25(36)16-30-24(35)15-31-26(37)21(29)13-19-8-10-20(34)11-9-19/h3-11,17,21-23,34H,12-16,29H2,1-2H3,(H,30,35)(H,31,37)(H,32,36)(H,33,38)(H,39,40)/t21-,22-,23+/m0/s1. The van der Waals surface area contributed by atoms with Gasteiger partial charge in [-0.1, -0.05) is 56.3 Å². The fourth-order valence-electron chi connectivity index (χ4n) is 3.79. The predicted molar refractivity (Wildman–Crippen MR) is 147 cm³/mol. The Morgan fingerprint density at radius 1 is 0.750 bits per heavy atom. The molecule has 0 aliphatic rings. The van der Waals surface area contributed by atoms with Crippen LogP contribution in [0.3, 0.4) is 0 Å². The zero-order chi connectivity index (χ0) is 29.7. The van der Waals surface area contributed by atoms with Crippen LogP contribution in [0.2, 0.25) is 0 Å². The number of nitrogens with one attached hydrogen (secondary N) is 4. The van der Waals surface area contributed by atoms with E-state index in [-0.39, 0.29) is 30.9 Å². The van der Waals surface area contributed by atoms with Crippen molar-refractivity contribution in [3.63, 3.8) is 0 Å². The average Bonchev–Trinajstić information content (AvgIpc) is 2.91. The van der Waals surface area contributed by atoms with Crippen molar-refractivity contribution in [2.75, 3.05) is 13.1 Å². The SMILES string of the molecule is CC(C)C[C@@H](NC(=O)[C@H](Cc1ccccc1)NC(=O)CNC(=O)CNC(=O)[C@@H](N)Cc1ccc(O)cc1)C(=O)O. The number of rotatable bonds is 15. The molecule has 12 heteroatoms. The lowest BCUT2D eigenvalue weighted by atomic mass is 10.0. The molecule has 2 aromatic rings. The summed E-state index contributed by atoms with van der Waals surface area (Å²) in [5.74, 6) is -3.62. The van der Waals surface area contributed by atoms with Crippen LogP contribution in [-0.4, -0.2) is 71.0 Å². The van der Waals surface area contributed by atoms with Crippen LogP contribution in [0.1, 0.15) is 31.4 Å². The number of carboxylic acids is 1. The second-order valence-corrected chi connectivity index (χ2v) is 9.81. The minimum absolute atomic E-state index is 0.0154. The summed E-state index contributed by atoms with van der Waals surface area (Å²) in [5, 5.41) is 28.6. The maximum Gasteiger partial charge on any atom is 0.326 e. The molecule has 0 heterocycles. The number of carboxylic acid groups (broad SMARTS) is 1. The quantitative estimate of drug-likeness (QED) is 0.157. The summed E-state index contributed by atoms with van der Waals surface area (Å²) < 4.78 is 0. The number of nitrogens with two attached hydrogens (primary N) is 1. The Balaban J connectivity index is 1.88. The van der Waals surface area contributed by atoms with E-state index in [0.29, 0.717) is 0 Å². The highest BCUT2D eigenvalue weighted by Gasteiger charge is 2.27. The van der Waals surface area contributed by atoms with E-state index in [9.17, 15) is 34.2 Å². The number of phenolic OH excluding ortho intramolecular Hbond substituents is 1. The molecule has 4 amide bonds. The van der Waals surface area contributed by atoms with Gasteiger partial charge in [0.1, 0.15) is 17.8 Å². The molecule has 0 aliphatic carbocycles. The van der Waals surface area contributed by atoms with E-state index < -0.39 is 60.8 Å². The number of aromatic hydroxyl groups is 1. The maximum atomic E-state index is 13.0. The highest BCUT2D eigenvalue weighted by Crippen LogP contribution is 2.11. The van der Waals surface area contributed by atoms with Gasteiger partial charge in [-0.05, 0) is 42.0 Å². The molecule has 8 N–H and O–H groups in total. The number of carbonyl (C=O) groups is 5. The van der Waals surface area contributed by atoms with E-state index in [2.05, 4.69) is 21.3 Å². The summed E-state index contributed by atoms with van der Waals surface area (Å²) in [4.78, 5) is 61.6. The summed E-state index contributed by atoms with van der Waals surface area (Å²) >= 11 is 0. The van der Waals surface area contributed by atoms with Gasteiger partial charge < -0.3 is 37.2 Å². The molecule has 0 unspecified atom stereocenters. The van der Waals surface area contributed by atoms with Crippen molar-refractivity contribution in [3.8, 4) is 5.75 Å². The number of benzene rings is 2. The second-order valence-electron chi connectivity index (χ2n) is 9.81. The molecular formula is C28H37N5O7. The van der Waals surface area contributed by atoms with Crippen molar-refractivity contribution in [3.05, 3.63) is 65.7 Å². The van der Waals surface area contributed by atoms with Crippen molar-refractivity contribution < 1.29 is 34.2 Å². The first-order chi connectivity index (χ1) is 18.9. The lowest BCUT2D eigenvalue weighted by Crippen LogP contribution is -2.54. The summed E-state index contributed by atoms with van der Waals surface area (Å²) in [7, 11) is 0. The molecule has 12 nitrogen and oxygen atoms in total. The Bertz CT molecular complexity index is 1160. The number of amides is 4. The molecule has 216 valence electrons. The maximum absolute atomic E-state index is 13.0. The molecule has 0 bridgehead atoms. The van der Waals surface area contributed by atoms with Gasteiger partial charge in [-0.15, -0.1) is 0 Å². The Kier molecular flexibility index (Phi) is 12.6. The topological polar surface area (TPSA) is 200 Å². The first-order valence-electron chi connectivity index (χ1n) is 12.9. The van der Waals surface area contributed by atoms with E-state index in [1.165, 1.54) is 12.1 Å². The first-order valence-corrected chi connectivity index (χ1v) is 12.9. The van der Waals surface area contributed by atoms with Crippen LogP contribution in [0.4, 0.5) is 0 Å². The van der Waals surface area contributed by atoms with E-state index in [1.807, 2.05) is 13.8 Å². The number of carbonyl (C=O) groups excluding carboxylic acids is 4. The molecule has 0 saturated heterocycles. The monoisotopic (exact) mass is 555 g/mol. The van der Waals surface area contributed by atoms with Crippen LogP contribution in [0.25, 0.3) is 0 Å². The molecule has 0 saturated carbocycles. The Hall–Kier alpha value is -4.45. The molecule has 40 heavy (non-hydrogen) atoms. The van der Waals surface area contributed by atoms with Crippen LogP contribution < -0.4 is 27.0 Å². The van der Waals surface area contributed by atoms with E-state index >= 15 is 0 Å². The van der Waals surface area contributed by atoms with Crippen LogP contribution >= 0.6 is 0 Å². The zero-order valence-corrected chi connectivity index (χ0v) is 22.6. The van der Waals surface area contributed by atoms with Gasteiger partial charge in [0.15, 0.2) is 0 Å². The summed E-state index contributed by atoms with van der Waals surface area (Å²) in [6.07, 6.45) is 0.518. The van der Waals surface area contributed by atoms with Gasteiger partial charge in [0.25, 0.3) is 0 Å². The van der Waals surface area contributed by atoms with Gasteiger partial charge in [0.05, 0.1) is 19.1 Å².